The minimum Gasteiger partial charge on any atom is -0.374 e. The van der Waals surface area contributed by atoms with Crippen molar-refractivity contribution < 1.29 is 9.18 Å². The number of benzene rings is 1. The zero-order valence-electron chi connectivity index (χ0n) is 9.96. The van der Waals surface area contributed by atoms with Crippen LogP contribution in [0.25, 0.3) is 0 Å². The number of carbonyl (C=O) groups excluding carboxylic acids is 1. The van der Waals surface area contributed by atoms with E-state index < -0.39 is 11.7 Å². The summed E-state index contributed by atoms with van der Waals surface area (Å²) in [6, 6.07) is 2.95. The predicted octanol–water partition coefficient (Wildman–Crippen LogP) is 2.92. The lowest BCUT2D eigenvalue weighted by atomic mass is 10.1. The number of carbonyl (C=O) groups is 1. The van der Waals surface area contributed by atoms with Crippen LogP contribution >= 0.6 is 15.9 Å². The Balaban J connectivity index is 3.15. The molecule has 5 heteroatoms. The molecule has 0 aliphatic rings. The molecule has 0 radical (unpaired) electrons. The fourth-order valence-electron chi connectivity index (χ4n) is 1.62. The molecule has 17 heavy (non-hydrogen) atoms. The highest BCUT2D eigenvalue weighted by molar-refractivity contribution is 9.10. The zero-order chi connectivity index (χ0) is 13.0. The Kier molecular flexibility index (Phi) is 4.93. The van der Waals surface area contributed by atoms with Gasteiger partial charge in [0, 0.05) is 18.1 Å². The van der Waals surface area contributed by atoms with Crippen molar-refractivity contribution in [3.05, 3.63) is 28.0 Å². The normalized spacial score (nSPS) is 10.4. The summed E-state index contributed by atoms with van der Waals surface area (Å²) in [6.45, 7) is 2.83. The molecule has 0 heterocycles. The lowest BCUT2D eigenvalue weighted by Gasteiger charge is -2.22. The molecule has 94 valence electrons. The van der Waals surface area contributed by atoms with Crippen molar-refractivity contribution in [2.75, 3.05) is 18.5 Å². The van der Waals surface area contributed by atoms with Crippen molar-refractivity contribution in [1.29, 1.82) is 0 Å². The number of amides is 1. The highest BCUT2D eigenvalue weighted by Gasteiger charge is 2.17. The topological polar surface area (TPSA) is 46.3 Å². The van der Waals surface area contributed by atoms with E-state index in [1.807, 2.05) is 11.9 Å². The smallest absolute Gasteiger partial charge is 0.253 e. The maximum atomic E-state index is 13.7. The van der Waals surface area contributed by atoms with Crippen molar-refractivity contribution in [1.82, 2.24) is 0 Å². The maximum Gasteiger partial charge on any atom is 0.253 e. The van der Waals surface area contributed by atoms with Crippen LogP contribution in [0.1, 0.15) is 30.1 Å². The number of unbranched alkanes of at least 4 members (excludes halogenated alkanes) is 1. The number of nitrogens with two attached hydrogens (primary N) is 1. The number of halogens is 2. The quantitative estimate of drug-likeness (QED) is 0.909. The Bertz CT molecular complexity index is 423. The molecular weight excluding hydrogens is 287 g/mol. The summed E-state index contributed by atoms with van der Waals surface area (Å²) in [5.74, 6) is -1.33. The van der Waals surface area contributed by atoms with Crippen LogP contribution in [-0.4, -0.2) is 19.5 Å². The molecule has 0 atom stereocenters. The number of primary amides is 1. The van der Waals surface area contributed by atoms with E-state index in [1.165, 1.54) is 6.07 Å². The molecule has 1 amide bonds. The summed E-state index contributed by atoms with van der Waals surface area (Å²) in [7, 11) is 1.82. The predicted molar refractivity (Wildman–Crippen MR) is 70.8 cm³/mol. The lowest BCUT2D eigenvalue weighted by Crippen LogP contribution is -2.24. The van der Waals surface area contributed by atoms with Gasteiger partial charge < -0.3 is 10.6 Å². The van der Waals surface area contributed by atoms with E-state index in [9.17, 15) is 9.18 Å². The van der Waals surface area contributed by atoms with Gasteiger partial charge in [0.1, 0.15) is 5.82 Å². The molecule has 0 unspecified atom stereocenters. The molecule has 0 spiro atoms. The van der Waals surface area contributed by atoms with Gasteiger partial charge in [-0.25, -0.2) is 4.39 Å². The van der Waals surface area contributed by atoms with Gasteiger partial charge in [0.25, 0.3) is 5.91 Å². The van der Waals surface area contributed by atoms with E-state index in [0.29, 0.717) is 10.2 Å². The van der Waals surface area contributed by atoms with E-state index in [1.54, 1.807) is 6.07 Å². The average molecular weight is 303 g/mol. The van der Waals surface area contributed by atoms with E-state index in [0.717, 1.165) is 19.4 Å². The second-order valence-electron chi connectivity index (χ2n) is 3.92. The summed E-state index contributed by atoms with van der Waals surface area (Å²) in [4.78, 5) is 13.1. The Morgan fingerprint density at radius 3 is 2.71 bits per heavy atom. The summed E-state index contributed by atoms with van der Waals surface area (Å²) in [5, 5.41) is 0. The van der Waals surface area contributed by atoms with Crippen molar-refractivity contribution >= 4 is 27.5 Å². The van der Waals surface area contributed by atoms with Crippen LogP contribution in [0.15, 0.2) is 16.6 Å². The van der Waals surface area contributed by atoms with Crippen molar-refractivity contribution in [2.45, 2.75) is 19.8 Å². The fourth-order valence-corrected chi connectivity index (χ4v) is 2.04. The van der Waals surface area contributed by atoms with E-state index in [-0.39, 0.29) is 5.56 Å². The van der Waals surface area contributed by atoms with Crippen LogP contribution in [0.3, 0.4) is 0 Å². The van der Waals surface area contributed by atoms with E-state index in [4.69, 9.17) is 5.73 Å². The second kappa shape index (κ2) is 6.00. The SMILES string of the molecule is CCCCN(C)c1cc(Br)cc(F)c1C(N)=O. The van der Waals surface area contributed by atoms with Gasteiger partial charge in [-0.1, -0.05) is 29.3 Å². The first-order valence-corrected chi connectivity index (χ1v) is 6.26. The fraction of sp³-hybridized carbons (Fsp3) is 0.417. The Morgan fingerprint density at radius 1 is 1.53 bits per heavy atom. The minimum atomic E-state index is -0.742. The first kappa shape index (κ1) is 14.0. The van der Waals surface area contributed by atoms with Gasteiger partial charge in [0.05, 0.1) is 11.3 Å². The zero-order valence-corrected chi connectivity index (χ0v) is 11.6. The third-order valence-electron chi connectivity index (χ3n) is 2.54. The molecule has 1 aromatic rings. The lowest BCUT2D eigenvalue weighted by molar-refractivity contribution is 0.0997. The summed E-state index contributed by atoms with van der Waals surface area (Å²) in [5.41, 5.74) is 5.69. The average Bonchev–Trinajstić information content (AvgIpc) is 2.23. The molecule has 0 fully saturated rings. The van der Waals surface area contributed by atoms with Crippen LogP contribution in [0.2, 0.25) is 0 Å². The van der Waals surface area contributed by atoms with E-state index >= 15 is 0 Å². The van der Waals surface area contributed by atoms with Gasteiger partial charge in [-0.05, 0) is 18.6 Å². The number of nitrogens with zero attached hydrogens (tertiary/aromatic N) is 1. The molecule has 0 aliphatic heterocycles. The molecule has 0 bridgehead atoms. The van der Waals surface area contributed by atoms with Gasteiger partial charge in [-0.3, -0.25) is 4.79 Å². The van der Waals surface area contributed by atoms with Crippen molar-refractivity contribution in [3.8, 4) is 0 Å². The molecule has 0 aromatic heterocycles. The molecule has 0 saturated carbocycles. The summed E-state index contributed by atoms with van der Waals surface area (Å²) >= 11 is 3.21. The second-order valence-corrected chi connectivity index (χ2v) is 4.84. The highest BCUT2D eigenvalue weighted by atomic mass is 79.9. The van der Waals surface area contributed by atoms with E-state index in [2.05, 4.69) is 22.9 Å². The standard InChI is InChI=1S/C12H16BrFN2O/c1-3-4-5-16(2)10-7-8(13)6-9(14)11(10)12(15)17/h6-7H,3-5H2,1-2H3,(H2,15,17). The largest absolute Gasteiger partial charge is 0.374 e. The molecule has 2 N–H and O–H groups in total. The Morgan fingerprint density at radius 2 is 2.18 bits per heavy atom. The third-order valence-corrected chi connectivity index (χ3v) is 3.00. The molecule has 0 saturated heterocycles. The third kappa shape index (κ3) is 3.43. The van der Waals surface area contributed by atoms with Crippen LogP contribution < -0.4 is 10.6 Å². The van der Waals surface area contributed by atoms with Gasteiger partial charge in [-0.15, -0.1) is 0 Å². The van der Waals surface area contributed by atoms with Crippen molar-refractivity contribution in [3.63, 3.8) is 0 Å². The molecular formula is C12H16BrFN2O. The highest BCUT2D eigenvalue weighted by Crippen LogP contribution is 2.27. The minimum absolute atomic E-state index is 0.0493. The number of rotatable bonds is 5. The van der Waals surface area contributed by atoms with Gasteiger partial charge in [-0.2, -0.15) is 0 Å². The first-order chi connectivity index (χ1) is 7.97. The van der Waals surface area contributed by atoms with Gasteiger partial charge in [0.15, 0.2) is 0 Å². The van der Waals surface area contributed by atoms with Crippen LogP contribution in [0, 0.1) is 5.82 Å². The van der Waals surface area contributed by atoms with Gasteiger partial charge >= 0.3 is 0 Å². The first-order valence-electron chi connectivity index (χ1n) is 5.47. The van der Waals surface area contributed by atoms with Crippen LogP contribution in [0.4, 0.5) is 10.1 Å². The summed E-state index contributed by atoms with van der Waals surface area (Å²) < 4.78 is 14.3. The maximum absolute atomic E-state index is 13.7. The molecule has 1 aromatic carbocycles. The Hall–Kier alpha value is -1.10. The summed E-state index contributed by atoms with van der Waals surface area (Å²) in [6.07, 6.45) is 2.01. The monoisotopic (exact) mass is 302 g/mol. The molecule has 3 nitrogen and oxygen atoms in total. The van der Waals surface area contributed by atoms with Crippen molar-refractivity contribution in [2.24, 2.45) is 5.73 Å². The number of anilines is 1. The number of hydrogen-bond acceptors (Lipinski definition) is 2. The number of hydrogen-bond donors (Lipinski definition) is 1. The van der Waals surface area contributed by atoms with Crippen LogP contribution in [-0.2, 0) is 0 Å². The molecule has 0 aliphatic carbocycles. The van der Waals surface area contributed by atoms with Crippen LogP contribution in [0.5, 0.6) is 0 Å². The molecule has 1 rings (SSSR count). The van der Waals surface area contributed by atoms with Gasteiger partial charge in [0.2, 0.25) is 0 Å². The Labute approximate surface area is 109 Å².